The van der Waals surface area contributed by atoms with Gasteiger partial charge in [-0.15, -0.1) is 0 Å². The molecule has 0 saturated heterocycles. The zero-order chi connectivity index (χ0) is 15.1. The lowest BCUT2D eigenvalue weighted by Crippen LogP contribution is -2.04. The van der Waals surface area contributed by atoms with Crippen molar-refractivity contribution < 1.29 is 4.92 Å². The molecule has 4 aromatic rings. The maximum Gasteiger partial charge on any atom is 0.269 e. The second-order valence-corrected chi connectivity index (χ2v) is 6.28. The molecule has 0 amide bonds. The van der Waals surface area contributed by atoms with Gasteiger partial charge in [0, 0.05) is 23.7 Å². The lowest BCUT2D eigenvalue weighted by molar-refractivity contribution is -0.384. The fraction of sp³-hybridized carbons (Fsp3) is 0. The lowest BCUT2D eigenvalue weighted by Gasteiger charge is -1.93. The Balaban J connectivity index is 1.91. The predicted octanol–water partition coefficient (Wildman–Crippen LogP) is 3.75. The Morgan fingerprint density at radius 2 is 1.91 bits per heavy atom. The van der Waals surface area contributed by atoms with Crippen molar-refractivity contribution in [2.75, 3.05) is 0 Å². The van der Waals surface area contributed by atoms with Crippen LogP contribution in [0, 0.1) is 10.1 Å². The first-order chi connectivity index (χ1) is 10.7. The van der Waals surface area contributed by atoms with Gasteiger partial charge in [-0.1, -0.05) is 23.5 Å². The summed E-state index contributed by atoms with van der Waals surface area (Å²) in [5.74, 6) is 0. The first-order valence-electron chi connectivity index (χ1n) is 6.37. The van der Waals surface area contributed by atoms with E-state index < -0.39 is 4.92 Å². The Morgan fingerprint density at radius 3 is 2.68 bits per heavy atom. The van der Waals surface area contributed by atoms with Gasteiger partial charge in [0.15, 0.2) is 0 Å². The third-order valence-corrected chi connectivity index (χ3v) is 5.02. The van der Waals surface area contributed by atoms with E-state index in [-0.39, 0.29) is 5.69 Å². The summed E-state index contributed by atoms with van der Waals surface area (Å²) in [6, 6.07) is 14.2. The van der Waals surface area contributed by atoms with Gasteiger partial charge in [0.2, 0.25) is 9.76 Å². The fourth-order valence-corrected chi connectivity index (χ4v) is 4.03. The van der Waals surface area contributed by atoms with Gasteiger partial charge in [0.25, 0.3) is 5.69 Å². The molecule has 22 heavy (non-hydrogen) atoms. The van der Waals surface area contributed by atoms with E-state index in [1.54, 1.807) is 23.5 Å². The van der Waals surface area contributed by atoms with Crippen LogP contribution in [0.15, 0.2) is 53.5 Å². The number of aromatic nitrogens is 2. The molecule has 0 aliphatic rings. The Labute approximate surface area is 131 Å². The van der Waals surface area contributed by atoms with Crippen LogP contribution in [-0.2, 0) is 0 Å². The number of fused-ring (bicyclic) bond motifs is 3. The van der Waals surface area contributed by atoms with E-state index in [4.69, 9.17) is 0 Å². The molecule has 0 saturated carbocycles. The van der Waals surface area contributed by atoms with Crippen molar-refractivity contribution in [2.45, 2.75) is 0 Å². The molecule has 0 atom stereocenters. The molecular formula is C14H8N4O2S2. The predicted molar refractivity (Wildman–Crippen MR) is 86.8 cm³/mol. The van der Waals surface area contributed by atoms with E-state index in [1.165, 1.54) is 23.7 Å². The van der Waals surface area contributed by atoms with Crippen molar-refractivity contribution in [3.05, 3.63) is 63.4 Å². The van der Waals surface area contributed by atoms with Crippen LogP contribution in [0.1, 0.15) is 0 Å². The zero-order valence-electron chi connectivity index (χ0n) is 11.0. The summed E-state index contributed by atoms with van der Waals surface area (Å²) in [4.78, 5) is 16.5. The van der Waals surface area contributed by atoms with Crippen LogP contribution < -0.4 is 4.80 Å². The number of hydrogen-bond donors (Lipinski definition) is 0. The van der Waals surface area contributed by atoms with E-state index in [0.717, 1.165) is 20.0 Å². The van der Waals surface area contributed by atoms with Gasteiger partial charge < -0.3 is 0 Å². The second-order valence-electron chi connectivity index (χ2n) is 4.54. The minimum atomic E-state index is -0.421. The van der Waals surface area contributed by atoms with Crippen molar-refractivity contribution in [2.24, 2.45) is 4.99 Å². The first-order valence-corrected chi connectivity index (χ1v) is 7.96. The summed E-state index contributed by atoms with van der Waals surface area (Å²) in [5, 5.41) is 10.7. The molecule has 0 unspecified atom stereocenters. The fourth-order valence-electron chi connectivity index (χ4n) is 2.17. The van der Waals surface area contributed by atoms with E-state index >= 15 is 0 Å². The molecule has 0 radical (unpaired) electrons. The summed E-state index contributed by atoms with van der Waals surface area (Å²) in [6.45, 7) is 0. The summed E-state index contributed by atoms with van der Waals surface area (Å²) in [7, 11) is 0. The van der Waals surface area contributed by atoms with Crippen LogP contribution in [-0.4, -0.2) is 13.7 Å². The Morgan fingerprint density at radius 1 is 1.14 bits per heavy atom. The normalized spacial score (nSPS) is 12.3. The maximum atomic E-state index is 10.7. The molecule has 0 bridgehead atoms. The van der Waals surface area contributed by atoms with Crippen molar-refractivity contribution >= 4 is 49.4 Å². The highest BCUT2D eigenvalue weighted by atomic mass is 32.1. The highest BCUT2D eigenvalue weighted by molar-refractivity contribution is 7.24. The number of rotatable bonds is 2. The largest absolute Gasteiger partial charge is 0.269 e. The van der Waals surface area contributed by atoms with Crippen molar-refractivity contribution in [1.82, 2.24) is 8.77 Å². The molecule has 0 fully saturated rings. The molecular weight excluding hydrogens is 320 g/mol. The van der Waals surface area contributed by atoms with Gasteiger partial charge in [0.05, 0.1) is 20.8 Å². The SMILES string of the molecule is O=[N+]([O-])c1ccc(N=c2snc3sc4ccccc4n23)cc1. The van der Waals surface area contributed by atoms with Crippen molar-refractivity contribution in [1.29, 1.82) is 0 Å². The standard InChI is InChI=1S/C14H8N4O2S2/c19-18(20)10-7-5-9(6-8-10)15-13-17-11-3-1-2-4-12(11)21-14(17)16-22-13/h1-8H. The third kappa shape index (κ3) is 2.09. The average Bonchev–Trinajstić information content (AvgIpc) is 3.08. The van der Waals surface area contributed by atoms with Gasteiger partial charge in [-0.2, -0.15) is 4.37 Å². The van der Waals surface area contributed by atoms with Crippen LogP contribution in [0.25, 0.3) is 15.2 Å². The number of thiazole rings is 1. The van der Waals surface area contributed by atoms with Gasteiger partial charge >= 0.3 is 0 Å². The molecule has 4 rings (SSSR count). The van der Waals surface area contributed by atoms with E-state index in [2.05, 4.69) is 15.4 Å². The summed E-state index contributed by atoms with van der Waals surface area (Å²) < 4.78 is 7.58. The molecule has 2 aromatic carbocycles. The van der Waals surface area contributed by atoms with Gasteiger partial charge in [0.1, 0.15) is 0 Å². The number of benzene rings is 2. The summed E-state index contributed by atoms with van der Waals surface area (Å²) >= 11 is 2.92. The number of nitro benzene ring substituents is 1. The molecule has 0 spiro atoms. The highest BCUT2D eigenvalue weighted by Crippen LogP contribution is 2.24. The van der Waals surface area contributed by atoms with Crippen LogP contribution in [0.3, 0.4) is 0 Å². The Kier molecular flexibility index (Phi) is 2.98. The average molecular weight is 328 g/mol. The van der Waals surface area contributed by atoms with Crippen molar-refractivity contribution in [3.8, 4) is 0 Å². The zero-order valence-corrected chi connectivity index (χ0v) is 12.7. The first kappa shape index (κ1) is 13.1. The minimum absolute atomic E-state index is 0.0574. The number of para-hydroxylation sites is 1. The quantitative estimate of drug-likeness (QED) is 0.415. The number of nitrogens with zero attached hydrogens (tertiary/aromatic N) is 4. The van der Waals surface area contributed by atoms with E-state index in [0.29, 0.717) is 5.69 Å². The third-order valence-electron chi connectivity index (χ3n) is 3.18. The smallest absolute Gasteiger partial charge is 0.258 e. The van der Waals surface area contributed by atoms with E-state index in [9.17, 15) is 10.1 Å². The molecule has 2 heterocycles. The molecule has 0 aliphatic heterocycles. The maximum absolute atomic E-state index is 10.7. The van der Waals surface area contributed by atoms with Crippen molar-refractivity contribution in [3.63, 3.8) is 0 Å². The highest BCUT2D eigenvalue weighted by Gasteiger charge is 2.08. The Hall–Kier alpha value is -2.58. The molecule has 2 aromatic heterocycles. The second kappa shape index (κ2) is 5.00. The van der Waals surface area contributed by atoms with Crippen LogP contribution in [0.2, 0.25) is 0 Å². The molecule has 0 N–H and O–H groups in total. The number of nitro groups is 1. The number of hydrogen-bond acceptors (Lipinski definition) is 6. The lowest BCUT2D eigenvalue weighted by atomic mass is 10.3. The van der Waals surface area contributed by atoms with Crippen LogP contribution in [0.5, 0.6) is 0 Å². The molecule has 8 heteroatoms. The number of non-ortho nitro benzene ring substituents is 1. The van der Waals surface area contributed by atoms with Gasteiger partial charge in [-0.3, -0.25) is 14.5 Å². The summed E-state index contributed by atoms with van der Waals surface area (Å²) in [6.07, 6.45) is 0. The minimum Gasteiger partial charge on any atom is -0.258 e. The van der Waals surface area contributed by atoms with Crippen LogP contribution in [0.4, 0.5) is 11.4 Å². The molecule has 108 valence electrons. The molecule has 6 nitrogen and oxygen atoms in total. The van der Waals surface area contributed by atoms with Crippen LogP contribution >= 0.6 is 22.9 Å². The monoisotopic (exact) mass is 328 g/mol. The summed E-state index contributed by atoms with van der Waals surface area (Å²) in [5.41, 5.74) is 1.79. The van der Waals surface area contributed by atoms with Gasteiger partial charge in [-0.25, -0.2) is 4.99 Å². The molecule has 0 aliphatic carbocycles. The topological polar surface area (TPSA) is 72.8 Å². The van der Waals surface area contributed by atoms with E-state index in [1.807, 2.05) is 22.6 Å². The Bertz CT molecular complexity index is 1060. The van der Waals surface area contributed by atoms with Gasteiger partial charge in [-0.05, 0) is 24.3 Å².